The van der Waals surface area contributed by atoms with E-state index < -0.39 is 5.63 Å². The van der Waals surface area contributed by atoms with Gasteiger partial charge in [0.05, 0.1) is 21.3 Å². The highest BCUT2D eigenvalue weighted by molar-refractivity contribution is 5.82. The van der Waals surface area contributed by atoms with Crippen LogP contribution in [0.5, 0.6) is 17.2 Å². The van der Waals surface area contributed by atoms with Crippen LogP contribution >= 0.6 is 0 Å². The number of benzene rings is 2. The van der Waals surface area contributed by atoms with Crippen LogP contribution in [-0.2, 0) is 17.8 Å². The average molecular weight is 425 g/mol. The fourth-order valence-corrected chi connectivity index (χ4v) is 3.54. The summed E-state index contributed by atoms with van der Waals surface area (Å²) < 4.78 is 21.4. The van der Waals surface area contributed by atoms with Crippen molar-refractivity contribution in [1.29, 1.82) is 0 Å². The van der Waals surface area contributed by atoms with Crippen LogP contribution < -0.4 is 25.2 Å². The number of carbonyl (C=O) groups excluding carboxylic acids is 1. The molecule has 0 bridgehead atoms. The molecule has 0 fully saturated rings. The van der Waals surface area contributed by atoms with E-state index in [0.29, 0.717) is 34.8 Å². The molecule has 0 radical (unpaired) electrons. The Morgan fingerprint density at radius 3 is 2.32 bits per heavy atom. The third-order valence-corrected chi connectivity index (χ3v) is 5.31. The second-order valence-corrected chi connectivity index (χ2v) is 7.29. The first-order chi connectivity index (χ1) is 14.9. The first kappa shape index (κ1) is 22.2. The molecular weight excluding hydrogens is 398 g/mol. The van der Waals surface area contributed by atoms with Crippen LogP contribution in [0.4, 0.5) is 0 Å². The predicted molar refractivity (Wildman–Crippen MR) is 118 cm³/mol. The van der Waals surface area contributed by atoms with Gasteiger partial charge in [-0.05, 0) is 43.5 Å². The van der Waals surface area contributed by atoms with Gasteiger partial charge in [0.15, 0.2) is 11.5 Å². The molecule has 0 saturated heterocycles. The highest BCUT2D eigenvalue weighted by Gasteiger charge is 2.15. The lowest BCUT2D eigenvalue weighted by molar-refractivity contribution is -0.121. The minimum absolute atomic E-state index is 0.165. The van der Waals surface area contributed by atoms with Crippen molar-refractivity contribution in [3.63, 3.8) is 0 Å². The molecule has 0 aliphatic heterocycles. The summed E-state index contributed by atoms with van der Waals surface area (Å²) >= 11 is 0. The van der Waals surface area contributed by atoms with Crippen molar-refractivity contribution in [1.82, 2.24) is 5.32 Å². The van der Waals surface area contributed by atoms with Crippen molar-refractivity contribution in [3.8, 4) is 17.2 Å². The number of hydrogen-bond donors (Lipinski definition) is 1. The zero-order valence-electron chi connectivity index (χ0n) is 18.5. The normalized spacial score (nSPS) is 10.7. The first-order valence-corrected chi connectivity index (χ1v) is 9.96. The predicted octanol–water partition coefficient (Wildman–Crippen LogP) is 3.68. The fraction of sp³-hybridized carbons (Fsp3) is 0.333. The lowest BCUT2D eigenvalue weighted by Crippen LogP contribution is -2.24. The Morgan fingerprint density at radius 2 is 1.65 bits per heavy atom. The van der Waals surface area contributed by atoms with E-state index in [-0.39, 0.29) is 18.9 Å². The van der Waals surface area contributed by atoms with Crippen LogP contribution in [0, 0.1) is 13.8 Å². The van der Waals surface area contributed by atoms with Gasteiger partial charge in [-0.2, -0.15) is 0 Å². The van der Waals surface area contributed by atoms with E-state index >= 15 is 0 Å². The number of fused-ring (bicyclic) bond motifs is 1. The standard InChI is InChI=1S/C24H27NO6/c1-14-6-7-17-15(2)18(24(27)31-20(17)10-14)8-9-23(26)25-13-16-11-21(29-4)22(30-5)12-19(16)28-3/h6-7,10-12H,8-9,13H2,1-5H3,(H,25,26). The van der Waals surface area contributed by atoms with Gasteiger partial charge in [0.2, 0.25) is 5.91 Å². The van der Waals surface area contributed by atoms with Gasteiger partial charge >= 0.3 is 5.63 Å². The SMILES string of the molecule is COc1cc(OC)c(OC)cc1CNC(=O)CCc1c(C)c2ccc(C)cc2oc1=O. The Bertz CT molecular complexity index is 1160. The highest BCUT2D eigenvalue weighted by Crippen LogP contribution is 2.34. The Kier molecular flexibility index (Phi) is 6.84. The van der Waals surface area contributed by atoms with Crippen LogP contribution in [0.1, 0.15) is 28.7 Å². The molecule has 0 unspecified atom stereocenters. The summed E-state index contributed by atoms with van der Waals surface area (Å²) in [5.41, 5.74) is 3.31. The summed E-state index contributed by atoms with van der Waals surface area (Å²) in [6.07, 6.45) is 0.464. The quantitative estimate of drug-likeness (QED) is 0.554. The summed E-state index contributed by atoms with van der Waals surface area (Å²) in [5, 5.41) is 3.75. The summed E-state index contributed by atoms with van der Waals surface area (Å²) in [5.74, 6) is 1.49. The van der Waals surface area contributed by atoms with E-state index in [1.165, 1.54) is 0 Å². The van der Waals surface area contributed by atoms with E-state index in [2.05, 4.69) is 5.32 Å². The summed E-state index contributed by atoms with van der Waals surface area (Å²) in [6, 6.07) is 9.24. The minimum atomic E-state index is -0.398. The smallest absolute Gasteiger partial charge is 0.339 e. The number of ether oxygens (including phenoxy) is 3. The summed E-state index contributed by atoms with van der Waals surface area (Å²) in [7, 11) is 4.65. The van der Waals surface area contributed by atoms with Gasteiger partial charge in [-0.1, -0.05) is 12.1 Å². The molecule has 3 rings (SSSR count). The van der Waals surface area contributed by atoms with E-state index in [1.54, 1.807) is 33.5 Å². The number of amides is 1. The van der Waals surface area contributed by atoms with E-state index in [9.17, 15) is 9.59 Å². The van der Waals surface area contributed by atoms with Gasteiger partial charge in [0.1, 0.15) is 11.3 Å². The van der Waals surface area contributed by atoms with Gasteiger partial charge in [0, 0.05) is 35.5 Å². The van der Waals surface area contributed by atoms with Gasteiger partial charge in [-0.15, -0.1) is 0 Å². The lowest BCUT2D eigenvalue weighted by atomic mass is 10.0. The maximum Gasteiger partial charge on any atom is 0.339 e. The van der Waals surface area contributed by atoms with E-state index in [4.69, 9.17) is 18.6 Å². The Balaban J connectivity index is 1.70. The molecule has 1 aromatic heterocycles. The molecule has 164 valence electrons. The molecule has 0 atom stereocenters. The van der Waals surface area contributed by atoms with Crippen molar-refractivity contribution in [3.05, 3.63) is 63.0 Å². The fourth-order valence-electron chi connectivity index (χ4n) is 3.54. The van der Waals surface area contributed by atoms with Gasteiger partial charge in [0.25, 0.3) is 0 Å². The molecule has 2 aromatic carbocycles. The molecule has 0 saturated carbocycles. The molecule has 31 heavy (non-hydrogen) atoms. The Labute approximate surface area is 180 Å². The van der Waals surface area contributed by atoms with Crippen molar-refractivity contribution in [2.24, 2.45) is 0 Å². The average Bonchev–Trinajstić information content (AvgIpc) is 2.76. The zero-order valence-corrected chi connectivity index (χ0v) is 18.5. The van der Waals surface area contributed by atoms with Crippen molar-refractivity contribution in [2.75, 3.05) is 21.3 Å². The lowest BCUT2D eigenvalue weighted by Gasteiger charge is -2.14. The van der Waals surface area contributed by atoms with E-state index in [0.717, 1.165) is 22.1 Å². The molecule has 7 nitrogen and oxygen atoms in total. The number of carbonyl (C=O) groups is 1. The van der Waals surface area contributed by atoms with Crippen LogP contribution in [-0.4, -0.2) is 27.2 Å². The van der Waals surface area contributed by atoms with E-state index in [1.807, 2.05) is 32.0 Å². The number of nitrogens with one attached hydrogen (secondary N) is 1. The topological polar surface area (TPSA) is 87.0 Å². The molecule has 0 aliphatic carbocycles. The third kappa shape index (κ3) is 4.82. The largest absolute Gasteiger partial charge is 0.496 e. The molecule has 7 heteroatoms. The summed E-state index contributed by atoms with van der Waals surface area (Å²) in [6.45, 7) is 4.09. The molecular formula is C24H27NO6. The number of aryl methyl sites for hydroxylation is 2. The van der Waals surface area contributed by atoms with Crippen molar-refractivity contribution >= 4 is 16.9 Å². The third-order valence-electron chi connectivity index (χ3n) is 5.31. The van der Waals surface area contributed by atoms with Crippen LogP contribution in [0.2, 0.25) is 0 Å². The molecule has 1 N–H and O–H groups in total. The minimum Gasteiger partial charge on any atom is -0.496 e. The maximum atomic E-state index is 12.5. The molecule has 0 spiro atoms. The van der Waals surface area contributed by atoms with Crippen molar-refractivity contribution < 1.29 is 23.4 Å². The second-order valence-electron chi connectivity index (χ2n) is 7.29. The van der Waals surface area contributed by atoms with Crippen LogP contribution in [0.25, 0.3) is 11.0 Å². The maximum absolute atomic E-state index is 12.5. The van der Waals surface area contributed by atoms with Crippen LogP contribution in [0.15, 0.2) is 39.5 Å². The van der Waals surface area contributed by atoms with Gasteiger partial charge < -0.3 is 23.9 Å². The molecule has 3 aromatic rings. The van der Waals surface area contributed by atoms with Crippen molar-refractivity contribution in [2.45, 2.75) is 33.2 Å². The molecule has 1 amide bonds. The summed E-state index contributed by atoms with van der Waals surface area (Å²) in [4.78, 5) is 24.9. The number of rotatable bonds is 8. The Hall–Kier alpha value is -3.48. The van der Waals surface area contributed by atoms with Gasteiger partial charge in [-0.25, -0.2) is 4.79 Å². The Morgan fingerprint density at radius 1 is 0.968 bits per heavy atom. The highest BCUT2D eigenvalue weighted by atomic mass is 16.5. The molecule has 0 aliphatic rings. The van der Waals surface area contributed by atoms with Crippen LogP contribution in [0.3, 0.4) is 0 Å². The number of hydrogen-bond acceptors (Lipinski definition) is 6. The first-order valence-electron chi connectivity index (χ1n) is 9.96. The monoisotopic (exact) mass is 425 g/mol. The molecule has 1 heterocycles. The van der Waals surface area contributed by atoms with Gasteiger partial charge in [-0.3, -0.25) is 4.79 Å². The zero-order chi connectivity index (χ0) is 22.5. The number of methoxy groups -OCH3 is 3. The second kappa shape index (κ2) is 9.55.